The Labute approximate surface area is 141 Å². The second-order valence-electron chi connectivity index (χ2n) is 4.74. The number of hydrogen-bond donors (Lipinski definition) is 1. The number of nitrogens with one attached hydrogen (secondary N) is 1. The maximum absolute atomic E-state index is 12.5. The van der Waals surface area contributed by atoms with Crippen LogP contribution in [-0.4, -0.2) is 22.8 Å². The summed E-state index contributed by atoms with van der Waals surface area (Å²) in [7, 11) is 1.54. The van der Waals surface area contributed by atoms with E-state index in [2.05, 4.69) is 29.5 Å². The molecule has 120 valence electrons. The Morgan fingerprint density at radius 2 is 2.29 bits per heavy atom. The van der Waals surface area contributed by atoms with E-state index in [4.69, 9.17) is 11.2 Å². The van der Waals surface area contributed by atoms with Crippen LogP contribution in [0.4, 0.5) is 5.82 Å². The third-order valence-electron chi connectivity index (χ3n) is 3.19. The molecule has 1 heterocycles. The molecule has 24 heavy (non-hydrogen) atoms. The molecular formula is C19H17N3O2. The lowest BCUT2D eigenvalue weighted by molar-refractivity contribution is 0.102. The summed E-state index contributed by atoms with van der Waals surface area (Å²) in [6.45, 7) is 7.51. The Morgan fingerprint density at radius 1 is 1.50 bits per heavy atom. The van der Waals surface area contributed by atoms with E-state index in [-0.39, 0.29) is 5.91 Å². The molecule has 0 aliphatic carbocycles. The van der Waals surface area contributed by atoms with Crippen molar-refractivity contribution in [1.29, 1.82) is 0 Å². The summed E-state index contributed by atoms with van der Waals surface area (Å²) >= 11 is 0. The number of methoxy groups -OCH3 is 1. The number of benzene rings is 1. The number of ether oxygens (including phenoxy) is 1. The highest BCUT2D eigenvalue weighted by Crippen LogP contribution is 2.21. The van der Waals surface area contributed by atoms with Crippen LogP contribution in [0.5, 0.6) is 5.75 Å². The van der Waals surface area contributed by atoms with Gasteiger partial charge in [0.2, 0.25) is 0 Å². The fraction of sp³-hybridized carbons (Fsp3) is 0.0526. The van der Waals surface area contributed by atoms with Gasteiger partial charge in [0.05, 0.1) is 24.6 Å². The normalized spacial score (nSPS) is 10.2. The zero-order valence-electron chi connectivity index (χ0n) is 13.3. The number of nitrogens with zero attached hydrogens (tertiary/aromatic N) is 2. The molecular weight excluding hydrogens is 302 g/mol. The van der Waals surface area contributed by atoms with Gasteiger partial charge in [-0.2, -0.15) is 5.10 Å². The Bertz CT molecular complexity index is 854. The van der Waals surface area contributed by atoms with Gasteiger partial charge in [0.15, 0.2) is 5.82 Å². The lowest BCUT2D eigenvalue weighted by Crippen LogP contribution is -2.16. The van der Waals surface area contributed by atoms with Crippen LogP contribution in [0.3, 0.4) is 0 Å². The van der Waals surface area contributed by atoms with Gasteiger partial charge in [-0.25, -0.2) is 4.68 Å². The largest absolute Gasteiger partial charge is 0.497 e. The van der Waals surface area contributed by atoms with Gasteiger partial charge in [-0.1, -0.05) is 37.3 Å². The molecule has 0 saturated carbocycles. The van der Waals surface area contributed by atoms with Crippen LogP contribution in [0.1, 0.15) is 15.9 Å². The molecule has 0 aliphatic rings. The van der Waals surface area contributed by atoms with E-state index >= 15 is 0 Å². The van der Waals surface area contributed by atoms with Gasteiger partial charge in [0, 0.05) is 5.56 Å². The molecule has 0 aliphatic heterocycles. The molecule has 5 heteroatoms. The highest BCUT2D eigenvalue weighted by atomic mass is 16.5. The standard InChI is InChI=1S/C19H17N3O2/c1-5-7-9-14(3)22-18(15(6-2)13-20-22)21-19(23)16-10-8-11-17(12-16)24-4/h2,5,7-13H,1,3H2,4H3,(H,21,23)/b9-7-. The minimum absolute atomic E-state index is 0.326. The third-order valence-corrected chi connectivity index (χ3v) is 3.19. The molecule has 0 unspecified atom stereocenters. The summed E-state index contributed by atoms with van der Waals surface area (Å²) in [4.78, 5) is 12.5. The SMILES string of the molecule is C#Cc1cnn(C(=C)/C=C\C=C)c1NC(=O)c1cccc(OC)c1. The van der Waals surface area contributed by atoms with Crippen LogP contribution in [0.2, 0.25) is 0 Å². The third kappa shape index (κ3) is 3.62. The van der Waals surface area contributed by atoms with E-state index in [1.807, 2.05) is 0 Å². The van der Waals surface area contributed by atoms with Crippen molar-refractivity contribution in [1.82, 2.24) is 9.78 Å². The van der Waals surface area contributed by atoms with Gasteiger partial charge in [0.1, 0.15) is 5.75 Å². The minimum Gasteiger partial charge on any atom is -0.497 e. The topological polar surface area (TPSA) is 56.2 Å². The molecule has 1 aromatic heterocycles. The van der Waals surface area contributed by atoms with Crippen molar-refractivity contribution in [2.45, 2.75) is 0 Å². The molecule has 1 aromatic carbocycles. The van der Waals surface area contributed by atoms with E-state index < -0.39 is 0 Å². The summed E-state index contributed by atoms with van der Waals surface area (Å²) in [5.74, 6) is 3.14. The number of allylic oxidation sites excluding steroid dienone is 4. The van der Waals surface area contributed by atoms with E-state index in [1.54, 1.807) is 49.6 Å². The van der Waals surface area contributed by atoms with Crippen LogP contribution in [-0.2, 0) is 0 Å². The first-order chi connectivity index (χ1) is 11.6. The number of carbonyl (C=O) groups excluding carboxylic acids is 1. The second kappa shape index (κ2) is 7.65. The molecule has 1 N–H and O–H groups in total. The number of carbonyl (C=O) groups is 1. The predicted molar refractivity (Wildman–Crippen MR) is 95.8 cm³/mol. The summed E-state index contributed by atoms with van der Waals surface area (Å²) in [5.41, 5.74) is 1.44. The molecule has 0 atom stereocenters. The summed E-state index contributed by atoms with van der Waals surface area (Å²) in [5, 5.41) is 6.95. The number of terminal acetylenes is 1. The van der Waals surface area contributed by atoms with Gasteiger partial charge in [-0.05, 0) is 24.3 Å². The smallest absolute Gasteiger partial charge is 0.256 e. The number of anilines is 1. The van der Waals surface area contributed by atoms with Gasteiger partial charge >= 0.3 is 0 Å². The second-order valence-corrected chi connectivity index (χ2v) is 4.74. The van der Waals surface area contributed by atoms with Gasteiger partial charge in [0.25, 0.3) is 5.91 Å². The van der Waals surface area contributed by atoms with Gasteiger partial charge in [-0.3, -0.25) is 4.79 Å². The summed E-state index contributed by atoms with van der Waals surface area (Å²) in [6, 6.07) is 6.81. The van der Waals surface area contributed by atoms with Crippen LogP contribution < -0.4 is 10.1 Å². The molecule has 0 radical (unpaired) electrons. The lowest BCUT2D eigenvalue weighted by atomic mass is 10.2. The molecule has 0 fully saturated rings. The quantitative estimate of drug-likeness (QED) is 0.656. The molecule has 0 saturated heterocycles. The number of hydrogen-bond acceptors (Lipinski definition) is 3. The fourth-order valence-corrected chi connectivity index (χ4v) is 1.99. The summed E-state index contributed by atoms with van der Waals surface area (Å²) < 4.78 is 6.59. The highest BCUT2D eigenvalue weighted by molar-refractivity contribution is 6.05. The van der Waals surface area contributed by atoms with Crippen molar-refractivity contribution in [2.75, 3.05) is 12.4 Å². The first-order valence-corrected chi connectivity index (χ1v) is 7.09. The van der Waals surface area contributed by atoms with Crippen molar-refractivity contribution in [3.05, 3.63) is 73.0 Å². The Kier molecular flexibility index (Phi) is 5.37. The highest BCUT2D eigenvalue weighted by Gasteiger charge is 2.15. The predicted octanol–water partition coefficient (Wildman–Crippen LogP) is 3.34. The maximum atomic E-state index is 12.5. The number of aromatic nitrogens is 2. The van der Waals surface area contributed by atoms with E-state index in [9.17, 15) is 4.79 Å². The molecule has 0 bridgehead atoms. The molecule has 2 rings (SSSR count). The molecule has 1 amide bonds. The van der Waals surface area contributed by atoms with E-state index in [0.29, 0.717) is 28.4 Å². The average molecular weight is 319 g/mol. The van der Waals surface area contributed by atoms with Crippen LogP contribution in [0.15, 0.2) is 61.8 Å². The van der Waals surface area contributed by atoms with Crippen LogP contribution >= 0.6 is 0 Å². The van der Waals surface area contributed by atoms with Crippen molar-refractivity contribution in [2.24, 2.45) is 0 Å². The van der Waals surface area contributed by atoms with E-state index in [1.165, 1.54) is 10.9 Å². The van der Waals surface area contributed by atoms with Crippen molar-refractivity contribution in [3.63, 3.8) is 0 Å². The Hall–Kier alpha value is -3.52. The molecule has 5 nitrogen and oxygen atoms in total. The monoisotopic (exact) mass is 319 g/mol. The van der Waals surface area contributed by atoms with Crippen LogP contribution in [0, 0.1) is 12.3 Å². The Balaban J connectivity index is 2.34. The maximum Gasteiger partial charge on any atom is 0.256 e. The van der Waals surface area contributed by atoms with Crippen molar-refractivity contribution >= 4 is 17.4 Å². The fourth-order valence-electron chi connectivity index (χ4n) is 1.99. The minimum atomic E-state index is -0.326. The number of rotatable bonds is 6. The first-order valence-electron chi connectivity index (χ1n) is 7.09. The van der Waals surface area contributed by atoms with Crippen LogP contribution in [0.25, 0.3) is 5.70 Å². The number of amides is 1. The molecule has 0 spiro atoms. The molecule has 2 aromatic rings. The summed E-state index contributed by atoms with van der Waals surface area (Å²) in [6.07, 6.45) is 12.0. The van der Waals surface area contributed by atoms with Crippen molar-refractivity contribution in [3.8, 4) is 18.1 Å². The Morgan fingerprint density at radius 3 is 2.96 bits per heavy atom. The first kappa shape index (κ1) is 16.8. The lowest BCUT2D eigenvalue weighted by Gasteiger charge is -2.10. The van der Waals surface area contributed by atoms with E-state index in [0.717, 1.165) is 0 Å². The average Bonchev–Trinajstić information content (AvgIpc) is 3.02. The van der Waals surface area contributed by atoms with Gasteiger partial charge in [-0.15, -0.1) is 6.42 Å². The zero-order valence-corrected chi connectivity index (χ0v) is 13.3. The van der Waals surface area contributed by atoms with Crippen molar-refractivity contribution < 1.29 is 9.53 Å². The van der Waals surface area contributed by atoms with Gasteiger partial charge < -0.3 is 10.1 Å². The zero-order chi connectivity index (χ0) is 17.5.